The zero-order valence-electron chi connectivity index (χ0n) is 14.8. The largest absolute Gasteiger partial charge is 0.300 e. The van der Waals surface area contributed by atoms with Crippen molar-refractivity contribution in [2.45, 2.75) is 45.3 Å². The first kappa shape index (κ1) is 17.7. The average molecular weight is 325 g/mol. The maximum Gasteiger partial charge on any atom is 0.133 e. The predicted molar refractivity (Wildman–Crippen MR) is 102 cm³/mol. The van der Waals surface area contributed by atoms with Crippen molar-refractivity contribution >= 4 is 19.0 Å². The van der Waals surface area contributed by atoms with E-state index in [2.05, 4.69) is 81.5 Å². The Labute approximate surface area is 141 Å². The Bertz CT molecular complexity index is 617. The molecular formula is C21H28OSi. The molecule has 2 rings (SSSR count). The first-order valence-electron chi connectivity index (χ1n) is 8.53. The molecule has 0 aromatic heterocycles. The van der Waals surface area contributed by atoms with Crippen molar-refractivity contribution < 1.29 is 4.79 Å². The molecule has 0 N–H and O–H groups in total. The summed E-state index contributed by atoms with van der Waals surface area (Å²) in [5, 5.41) is 1.42. The van der Waals surface area contributed by atoms with Crippen LogP contribution in [0.4, 0.5) is 0 Å². The molecule has 1 nitrogen and oxygen atoms in total. The number of Topliss-reactive ketones (excluding diaryl/α,β-unsaturated/α-hetero) is 1. The molecule has 2 heteroatoms. The lowest BCUT2D eigenvalue weighted by Crippen LogP contribution is -2.48. The van der Waals surface area contributed by atoms with E-state index in [-0.39, 0.29) is 0 Å². The van der Waals surface area contributed by atoms with Crippen LogP contribution in [0.25, 0.3) is 0 Å². The fourth-order valence-electron chi connectivity index (χ4n) is 3.31. The molecule has 0 aliphatic rings. The van der Waals surface area contributed by atoms with Gasteiger partial charge in [0.15, 0.2) is 0 Å². The molecule has 0 spiro atoms. The van der Waals surface area contributed by atoms with Crippen molar-refractivity contribution in [3.63, 3.8) is 0 Å². The van der Waals surface area contributed by atoms with Crippen molar-refractivity contribution in [3.8, 4) is 0 Å². The van der Waals surface area contributed by atoms with Crippen LogP contribution in [0.2, 0.25) is 13.1 Å². The number of hydrogen-bond donors (Lipinski definition) is 0. The van der Waals surface area contributed by atoms with Gasteiger partial charge in [0, 0.05) is 12.8 Å². The van der Waals surface area contributed by atoms with Crippen molar-refractivity contribution in [2.75, 3.05) is 0 Å². The molecular weight excluding hydrogens is 296 g/mol. The zero-order chi connectivity index (χ0) is 16.9. The predicted octanol–water partition coefficient (Wildman–Crippen LogP) is 4.93. The van der Waals surface area contributed by atoms with E-state index in [1.165, 1.54) is 10.8 Å². The second-order valence-electron chi connectivity index (χ2n) is 7.39. The number of hydrogen-bond acceptors (Lipinski definition) is 1. The van der Waals surface area contributed by atoms with Crippen LogP contribution in [0.5, 0.6) is 0 Å². The molecule has 0 saturated carbocycles. The molecule has 1 unspecified atom stereocenters. The Kier molecular flexibility index (Phi) is 5.95. The van der Waals surface area contributed by atoms with Crippen LogP contribution >= 0.6 is 0 Å². The summed E-state index contributed by atoms with van der Waals surface area (Å²) >= 11 is 0. The van der Waals surface area contributed by atoms with E-state index in [0.29, 0.717) is 30.1 Å². The quantitative estimate of drug-likeness (QED) is 0.660. The van der Waals surface area contributed by atoms with Crippen LogP contribution in [0.1, 0.15) is 37.8 Å². The molecule has 0 aliphatic carbocycles. The lowest BCUT2D eigenvalue weighted by Gasteiger charge is -2.33. The van der Waals surface area contributed by atoms with Crippen molar-refractivity contribution in [1.82, 2.24) is 0 Å². The maximum atomic E-state index is 12.5. The highest BCUT2D eigenvalue weighted by Gasteiger charge is 2.35. The van der Waals surface area contributed by atoms with Crippen LogP contribution in [0, 0.1) is 5.92 Å². The van der Waals surface area contributed by atoms with Gasteiger partial charge in [-0.05, 0) is 17.0 Å². The summed E-state index contributed by atoms with van der Waals surface area (Å²) in [6.45, 7) is 9.02. The first-order chi connectivity index (χ1) is 10.9. The minimum atomic E-state index is -1.78. The second-order valence-corrected chi connectivity index (χ2v) is 12.1. The fraction of sp³-hybridized carbons (Fsp3) is 0.381. The molecule has 0 saturated heterocycles. The van der Waals surface area contributed by atoms with E-state index in [1.54, 1.807) is 0 Å². The van der Waals surface area contributed by atoms with Gasteiger partial charge < -0.3 is 0 Å². The van der Waals surface area contributed by atoms with Crippen molar-refractivity contribution in [1.29, 1.82) is 0 Å². The molecule has 0 fully saturated rings. The highest BCUT2D eigenvalue weighted by atomic mass is 28.3. The topological polar surface area (TPSA) is 17.1 Å². The van der Waals surface area contributed by atoms with Crippen molar-refractivity contribution in [2.24, 2.45) is 5.92 Å². The Morgan fingerprint density at radius 3 is 1.91 bits per heavy atom. The number of rotatable bonds is 7. The highest BCUT2D eigenvalue weighted by molar-refractivity contribution is 6.91. The molecule has 122 valence electrons. The molecule has 2 aromatic rings. The van der Waals surface area contributed by atoms with Crippen molar-refractivity contribution in [3.05, 3.63) is 66.2 Å². The smallest absolute Gasteiger partial charge is 0.133 e. The summed E-state index contributed by atoms with van der Waals surface area (Å²) in [7, 11) is -1.78. The summed E-state index contributed by atoms with van der Waals surface area (Å²) in [5.41, 5.74) is 1.64. The van der Waals surface area contributed by atoms with Gasteiger partial charge in [0.2, 0.25) is 0 Å². The van der Waals surface area contributed by atoms with E-state index >= 15 is 0 Å². The number of carbonyl (C=O) groups is 1. The van der Waals surface area contributed by atoms with Crippen LogP contribution in [0.15, 0.2) is 60.7 Å². The molecule has 0 radical (unpaired) electrons. The lowest BCUT2D eigenvalue weighted by molar-refractivity contribution is -0.119. The number of benzene rings is 2. The van der Waals surface area contributed by atoms with E-state index in [4.69, 9.17) is 0 Å². The Balaban J connectivity index is 2.35. The van der Waals surface area contributed by atoms with E-state index < -0.39 is 8.07 Å². The van der Waals surface area contributed by atoms with Gasteiger partial charge in [0.1, 0.15) is 5.78 Å². The summed E-state index contributed by atoms with van der Waals surface area (Å²) < 4.78 is 0. The van der Waals surface area contributed by atoms with Crippen LogP contribution in [-0.2, 0) is 4.79 Å². The fourth-order valence-corrected chi connectivity index (χ4v) is 6.53. The molecule has 0 aliphatic heterocycles. The number of carbonyl (C=O) groups excluding carboxylic acids is 1. The third-order valence-corrected chi connectivity index (χ3v) is 8.76. The molecule has 23 heavy (non-hydrogen) atoms. The average Bonchev–Trinajstić information content (AvgIpc) is 2.53. The summed E-state index contributed by atoms with van der Waals surface area (Å²) in [6, 6.07) is 21.3. The SMILES string of the molecule is CC(C)CC(=O)CC(c1ccccc1)[Si](C)(C)c1ccccc1. The molecule has 0 amide bonds. The van der Waals surface area contributed by atoms with Gasteiger partial charge in [-0.2, -0.15) is 0 Å². The highest BCUT2D eigenvalue weighted by Crippen LogP contribution is 2.31. The standard InChI is InChI=1S/C21H28OSi/c1-17(2)15-19(22)16-21(18-11-7-5-8-12-18)23(3,4)20-13-9-6-10-14-20/h5-14,17,21H,15-16H2,1-4H3. The third kappa shape index (κ3) is 4.65. The normalized spacial score (nSPS) is 13.1. The lowest BCUT2D eigenvalue weighted by atomic mass is 10.0. The Hall–Kier alpha value is -1.67. The van der Waals surface area contributed by atoms with Gasteiger partial charge in [-0.25, -0.2) is 0 Å². The minimum absolute atomic E-state index is 0.331. The van der Waals surface area contributed by atoms with Gasteiger partial charge >= 0.3 is 0 Å². The third-order valence-electron chi connectivity index (χ3n) is 4.66. The van der Waals surface area contributed by atoms with Gasteiger partial charge in [-0.3, -0.25) is 4.79 Å². The van der Waals surface area contributed by atoms with Gasteiger partial charge in [-0.1, -0.05) is 92.8 Å². The molecule has 1 atom stereocenters. The summed E-state index contributed by atoms with van der Waals surface area (Å²) in [5.74, 6) is 0.825. The second kappa shape index (κ2) is 7.74. The first-order valence-corrected chi connectivity index (χ1v) is 11.6. The van der Waals surface area contributed by atoms with E-state index in [9.17, 15) is 4.79 Å². The number of ketones is 1. The van der Waals surface area contributed by atoms with Crippen LogP contribution in [-0.4, -0.2) is 13.9 Å². The monoisotopic (exact) mass is 324 g/mol. The minimum Gasteiger partial charge on any atom is -0.300 e. The molecule has 0 heterocycles. The van der Waals surface area contributed by atoms with Crippen LogP contribution < -0.4 is 5.19 Å². The van der Waals surface area contributed by atoms with Gasteiger partial charge in [0.25, 0.3) is 0 Å². The zero-order valence-corrected chi connectivity index (χ0v) is 15.8. The maximum absolute atomic E-state index is 12.5. The Morgan fingerprint density at radius 2 is 1.39 bits per heavy atom. The molecule has 2 aromatic carbocycles. The molecule has 0 bridgehead atoms. The van der Waals surface area contributed by atoms with E-state index in [0.717, 1.165) is 0 Å². The van der Waals surface area contributed by atoms with Crippen LogP contribution in [0.3, 0.4) is 0 Å². The van der Waals surface area contributed by atoms with E-state index in [1.807, 2.05) is 6.07 Å². The van der Waals surface area contributed by atoms with Gasteiger partial charge in [0.05, 0.1) is 8.07 Å². The summed E-state index contributed by atoms with van der Waals surface area (Å²) in [4.78, 5) is 12.5. The summed E-state index contributed by atoms with van der Waals surface area (Å²) in [6.07, 6.45) is 1.35. The Morgan fingerprint density at radius 1 is 0.870 bits per heavy atom. The van der Waals surface area contributed by atoms with Gasteiger partial charge in [-0.15, -0.1) is 0 Å².